The van der Waals surface area contributed by atoms with Crippen LogP contribution < -0.4 is 0 Å². The van der Waals surface area contributed by atoms with Gasteiger partial charge in [0.15, 0.2) is 6.10 Å². The minimum Gasteiger partial charge on any atom is -0.462 e. The summed E-state index contributed by atoms with van der Waals surface area (Å²) in [6.45, 7) is 6.30. The number of ether oxygens (including phenoxy) is 3. The van der Waals surface area contributed by atoms with Gasteiger partial charge < -0.3 is 14.2 Å². The molecule has 0 aromatic carbocycles. The first-order valence-corrected chi connectivity index (χ1v) is 32.0. The number of hydrogen-bond donors (Lipinski definition) is 0. The number of rotatable bonds is 56. The van der Waals surface area contributed by atoms with Gasteiger partial charge in [-0.3, -0.25) is 14.4 Å². The zero-order valence-electron chi connectivity index (χ0n) is 50.8. The van der Waals surface area contributed by atoms with Crippen molar-refractivity contribution in [3.05, 3.63) is 158 Å². The summed E-state index contributed by atoms with van der Waals surface area (Å²) in [6, 6.07) is 0. The van der Waals surface area contributed by atoms with Crippen LogP contribution in [-0.2, 0) is 28.6 Å². The van der Waals surface area contributed by atoms with Crippen molar-refractivity contribution in [2.24, 2.45) is 0 Å². The lowest BCUT2D eigenvalue weighted by Gasteiger charge is -2.18. The third-order valence-electron chi connectivity index (χ3n) is 13.0. The lowest BCUT2D eigenvalue weighted by Crippen LogP contribution is -2.30. The molecule has 0 spiro atoms. The summed E-state index contributed by atoms with van der Waals surface area (Å²) in [4.78, 5) is 37.9. The highest BCUT2D eigenvalue weighted by atomic mass is 16.6. The zero-order valence-corrected chi connectivity index (χ0v) is 50.8. The van der Waals surface area contributed by atoms with Crippen LogP contribution in [0.5, 0.6) is 0 Å². The molecule has 0 fully saturated rings. The molecule has 0 aromatic rings. The van der Waals surface area contributed by atoms with Crippen LogP contribution >= 0.6 is 0 Å². The van der Waals surface area contributed by atoms with E-state index >= 15 is 0 Å². The fourth-order valence-corrected chi connectivity index (χ4v) is 8.31. The van der Waals surface area contributed by atoms with Gasteiger partial charge in [-0.2, -0.15) is 0 Å². The van der Waals surface area contributed by atoms with Crippen LogP contribution in [0.3, 0.4) is 0 Å². The van der Waals surface area contributed by atoms with Crippen molar-refractivity contribution < 1.29 is 28.6 Å². The predicted molar refractivity (Wildman–Crippen MR) is 343 cm³/mol. The van der Waals surface area contributed by atoms with Crippen molar-refractivity contribution in [2.75, 3.05) is 13.2 Å². The van der Waals surface area contributed by atoms with E-state index in [1.54, 1.807) is 0 Å². The van der Waals surface area contributed by atoms with Crippen molar-refractivity contribution in [1.82, 2.24) is 0 Å². The summed E-state index contributed by atoms with van der Waals surface area (Å²) in [5, 5.41) is 0. The molecule has 0 saturated heterocycles. The van der Waals surface area contributed by atoms with Crippen LogP contribution in [0.1, 0.15) is 265 Å². The lowest BCUT2D eigenvalue weighted by atomic mass is 10.0. The Morgan fingerprint density at radius 3 is 0.785 bits per heavy atom. The maximum Gasteiger partial charge on any atom is 0.306 e. The molecule has 1 atom stereocenters. The molecule has 6 nitrogen and oxygen atoms in total. The summed E-state index contributed by atoms with van der Waals surface area (Å²) in [5.41, 5.74) is 0. The maximum absolute atomic E-state index is 12.8. The molecular weight excluding hydrogens is 973 g/mol. The zero-order chi connectivity index (χ0) is 57.1. The number of allylic oxidation sites excluding steroid dienone is 26. The van der Waals surface area contributed by atoms with Crippen LogP contribution in [0.2, 0.25) is 0 Å². The molecule has 1 unspecified atom stereocenters. The molecule has 0 heterocycles. The van der Waals surface area contributed by atoms with E-state index in [-0.39, 0.29) is 31.1 Å². The SMILES string of the molecule is CC/C=C\C/C=C\C/C=C\C/C=C\C/C=C\C/C=C\C/C=C\C/C=C\C/C=C\CCCCCC(=O)OCC(COC(=O)CCCCCCC)OC(=O)CCCCCCCCCCCCCC/C=C\C/C=C\C/C=C\C/C=C\CC. The lowest BCUT2D eigenvalue weighted by molar-refractivity contribution is -0.167. The van der Waals surface area contributed by atoms with E-state index in [0.29, 0.717) is 19.3 Å². The van der Waals surface area contributed by atoms with E-state index in [1.165, 1.54) is 64.2 Å². The van der Waals surface area contributed by atoms with E-state index in [2.05, 4.69) is 179 Å². The highest BCUT2D eigenvalue weighted by molar-refractivity contribution is 5.71. The Labute approximate surface area is 486 Å². The smallest absolute Gasteiger partial charge is 0.306 e. The first-order chi connectivity index (χ1) is 39.0. The van der Waals surface area contributed by atoms with E-state index in [4.69, 9.17) is 14.2 Å². The number of unbranched alkanes of at least 4 members (excludes halogenated alkanes) is 19. The van der Waals surface area contributed by atoms with E-state index in [1.807, 2.05) is 0 Å². The monoisotopic (exact) mass is 1090 g/mol. The molecule has 0 saturated carbocycles. The van der Waals surface area contributed by atoms with Crippen molar-refractivity contribution in [1.29, 1.82) is 0 Å². The quantitative estimate of drug-likeness (QED) is 0.0261. The average molecular weight is 1090 g/mol. The summed E-state index contributed by atoms with van der Waals surface area (Å²) >= 11 is 0. The summed E-state index contributed by atoms with van der Waals surface area (Å²) < 4.78 is 16.7. The van der Waals surface area contributed by atoms with Crippen molar-refractivity contribution in [3.63, 3.8) is 0 Å². The fourth-order valence-electron chi connectivity index (χ4n) is 8.31. The molecule has 6 heteroatoms. The van der Waals surface area contributed by atoms with Gasteiger partial charge >= 0.3 is 17.9 Å². The Kier molecular flexibility index (Phi) is 61.4. The Morgan fingerprint density at radius 1 is 0.266 bits per heavy atom. The van der Waals surface area contributed by atoms with Gasteiger partial charge in [0.2, 0.25) is 0 Å². The fraction of sp³-hybridized carbons (Fsp3) is 0.603. The number of carbonyl (C=O) groups excluding carboxylic acids is 3. The second kappa shape index (κ2) is 65.5. The topological polar surface area (TPSA) is 78.9 Å². The molecule has 0 radical (unpaired) electrons. The molecule has 0 aliphatic carbocycles. The molecule has 79 heavy (non-hydrogen) atoms. The number of carbonyl (C=O) groups is 3. The number of hydrogen-bond acceptors (Lipinski definition) is 6. The van der Waals surface area contributed by atoms with Crippen molar-refractivity contribution in [2.45, 2.75) is 271 Å². The third-order valence-corrected chi connectivity index (χ3v) is 13.0. The van der Waals surface area contributed by atoms with E-state index < -0.39 is 6.10 Å². The van der Waals surface area contributed by atoms with Crippen molar-refractivity contribution in [3.8, 4) is 0 Å². The molecule has 0 N–H and O–H groups in total. The van der Waals surface area contributed by atoms with Crippen LogP contribution in [0.25, 0.3) is 0 Å². The molecule has 0 rings (SSSR count). The molecule has 444 valence electrons. The van der Waals surface area contributed by atoms with Gasteiger partial charge in [-0.1, -0.05) is 275 Å². The molecule has 0 aliphatic rings. The van der Waals surface area contributed by atoms with Gasteiger partial charge in [-0.05, 0) is 128 Å². The Hall–Kier alpha value is -4.97. The van der Waals surface area contributed by atoms with Gasteiger partial charge in [0.1, 0.15) is 13.2 Å². The summed E-state index contributed by atoms with van der Waals surface area (Å²) in [5.74, 6) is -0.949. The third kappa shape index (κ3) is 63.7. The first kappa shape index (κ1) is 74.0. The first-order valence-electron chi connectivity index (χ1n) is 32.0. The minimum atomic E-state index is -0.797. The average Bonchev–Trinajstić information content (AvgIpc) is 3.45. The second-order valence-corrected chi connectivity index (χ2v) is 20.6. The molecular formula is C73H116O6. The van der Waals surface area contributed by atoms with Gasteiger partial charge in [-0.25, -0.2) is 0 Å². The largest absolute Gasteiger partial charge is 0.462 e. The summed E-state index contributed by atoms with van der Waals surface area (Å²) in [7, 11) is 0. The van der Waals surface area contributed by atoms with Crippen LogP contribution in [0, 0.1) is 0 Å². The van der Waals surface area contributed by atoms with Crippen LogP contribution in [0.15, 0.2) is 158 Å². The minimum absolute atomic E-state index is 0.0951. The summed E-state index contributed by atoms with van der Waals surface area (Å²) in [6.07, 6.45) is 95.8. The van der Waals surface area contributed by atoms with Crippen LogP contribution in [-0.4, -0.2) is 37.2 Å². The molecule has 0 amide bonds. The highest BCUT2D eigenvalue weighted by Crippen LogP contribution is 2.15. The van der Waals surface area contributed by atoms with Gasteiger partial charge in [0.05, 0.1) is 0 Å². The molecule has 0 aliphatic heterocycles. The second-order valence-electron chi connectivity index (χ2n) is 20.6. The van der Waals surface area contributed by atoms with Gasteiger partial charge in [-0.15, -0.1) is 0 Å². The molecule has 0 bridgehead atoms. The molecule has 0 aromatic heterocycles. The predicted octanol–water partition coefficient (Wildman–Crippen LogP) is 22.1. The van der Waals surface area contributed by atoms with E-state index in [0.717, 1.165) is 161 Å². The van der Waals surface area contributed by atoms with E-state index in [9.17, 15) is 14.4 Å². The van der Waals surface area contributed by atoms with Gasteiger partial charge in [0.25, 0.3) is 0 Å². The Morgan fingerprint density at radius 2 is 0.494 bits per heavy atom. The van der Waals surface area contributed by atoms with Crippen molar-refractivity contribution >= 4 is 17.9 Å². The normalized spacial score (nSPS) is 13.2. The number of esters is 3. The highest BCUT2D eigenvalue weighted by Gasteiger charge is 2.19. The Bertz CT molecular complexity index is 1780. The Balaban J connectivity index is 4.16. The maximum atomic E-state index is 12.8. The standard InChI is InChI=1S/C73H116O6/c1-4-7-10-13-15-17-19-21-23-25-27-29-31-33-34-35-36-37-38-40-41-43-45-47-49-51-53-55-57-60-63-66-72(75)78-69-70(68-77-71(74)65-62-59-12-9-6-3)79-73(76)67-64-61-58-56-54-52-50-48-46-44-42-39-32-30-28-26-24-22-20-18-16-14-11-8-5-2/h7-8,10-11,15-18,21-24,27-30,33-34,36-37,40-41,45,47,51,53,70H,4-6,9,12-14,19-20,25-26,31-32,35,38-39,42-44,46,48-50,52,54-69H2,1-3H3/b10-7-,11-8-,17-15-,18-16-,23-21-,24-22-,29-27-,30-28-,34-33-,37-36-,41-40-,47-45-,53-51-. The van der Waals surface area contributed by atoms with Gasteiger partial charge in [0, 0.05) is 19.3 Å². The van der Waals surface area contributed by atoms with Crippen LogP contribution in [0.4, 0.5) is 0 Å².